The van der Waals surface area contributed by atoms with Gasteiger partial charge in [-0.1, -0.05) is 6.07 Å². The minimum absolute atomic E-state index is 0.144. The first-order chi connectivity index (χ1) is 10.1. The number of aryl methyl sites for hydroxylation is 2. The summed E-state index contributed by atoms with van der Waals surface area (Å²) in [5.74, 6) is 0. The monoisotopic (exact) mass is 329 g/mol. The number of ether oxygens (including phenoxy) is 2. The maximum Gasteiger partial charge on any atom is 0.241 e. The van der Waals surface area contributed by atoms with E-state index in [4.69, 9.17) is 9.47 Å². The summed E-state index contributed by atoms with van der Waals surface area (Å²) >= 11 is 0. The van der Waals surface area contributed by atoms with Crippen LogP contribution < -0.4 is 4.72 Å². The number of rotatable bonds is 7. The lowest BCUT2D eigenvalue weighted by atomic mass is 10.0. The molecule has 5 nitrogen and oxygen atoms in total. The molecule has 0 heterocycles. The van der Waals surface area contributed by atoms with Crippen molar-refractivity contribution in [2.75, 3.05) is 27.4 Å². The summed E-state index contributed by atoms with van der Waals surface area (Å²) in [7, 11) is -0.512. The lowest BCUT2D eigenvalue weighted by molar-refractivity contribution is -0.0460. The molecule has 22 heavy (non-hydrogen) atoms. The standard InChI is InChI=1S/C16H27NO4S/c1-11-8-12(2)14(4)15(13(11)3)22(18,19)17-9-16(5,21-7)10-20-6/h8,17H,9-10H2,1-7H3. The van der Waals surface area contributed by atoms with Gasteiger partial charge in [0, 0.05) is 20.8 Å². The van der Waals surface area contributed by atoms with E-state index >= 15 is 0 Å². The minimum atomic E-state index is -3.61. The van der Waals surface area contributed by atoms with Crippen molar-refractivity contribution in [3.05, 3.63) is 28.3 Å². The molecule has 0 aliphatic heterocycles. The summed E-state index contributed by atoms with van der Waals surface area (Å²) < 4.78 is 38.6. The van der Waals surface area contributed by atoms with Gasteiger partial charge in [0.2, 0.25) is 10.0 Å². The molecular weight excluding hydrogens is 302 g/mol. The van der Waals surface area contributed by atoms with Crippen LogP contribution in [0.4, 0.5) is 0 Å². The van der Waals surface area contributed by atoms with Crippen LogP contribution in [0.1, 0.15) is 29.2 Å². The molecule has 1 N–H and O–H groups in total. The van der Waals surface area contributed by atoms with Gasteiger partial charge in [-0.15, -0.1) is 0 Å². The smallest absolute Gasteiger partial charge is 0.241 e. The van der Waals surface area contributed by atoms with Crippen molar-refractivity contribution in [3.8, 4) is 0 Å². The number of hydrogen-bond acceptors (Lipinski definition) is 4. The van der Waals surface area contributed by atoms with Crippen molar-refractivity contribution in [2.24, 2.45) is 0 Å². The van der Waals surface area contributed by atoms with Gasteiger partial charge in [-0.2, -0.15) is 0 Å². The molecule has 0 fully saturated rings. The molecule has 0 spiro atoms. The molecule has 1 unspecified atom stereocenters. The van der Waals surface area contributed by atoms with Crippen LogP contribution in [-0.4, -0.2) is 41.4 Å². The second-order valence-electron chi connectivity index (χ2n) is 6.00. The van der Waals surface area contributed by atoms with Gasteiger partial charge < -0.3 is 9.47 Å². The molecule has 0 saturated heterocycles. The maximum atomic E-state index is 12.7. The van der Waals surface area contributed by atoms with Gasteiger partial charge in [0.25, 0.3) is 0 Å². The summed E-state index contributed by atoms with van der Waals surface area (Å²) in [6.45, 7) is 9.76. The molecule has 0 aliphatic rings. The van der Waals surface area contributed by atoms with E-state index in [0.717, 1.165) is 22.3 Å². The zero-order valence-corrected chi connectivity index (χ0v) is 15.3. The molecule has 1 rings (SSSR count). The molecule has 6 heteroatoms. The van der Waals surface area contributed by atoms with E-state index in [-0.39, 0.29) is 6.54 Å². The molecule has 0 bridgehead atoms. The predicted octanol–water partition coefficient (Wildman–Crippen LogP) is 2.25. The van der Waals surface area contributed by atoms with E-state index in [9.17, 15) is 8.42 Å². The zero-order valence-electron chi connectivity index (χ0n) is 14.5. The van der Waals surface area contributed by atoms with Crippen LogP contribution in [0.5, 0.6) is 0 Å². The first-order valence-electron chi connectivity index (χ1n) is 7.19. The molecule has 0 aromatic heterocycles. The quantitative estimate of drug-likeness (QED) is 0.833. The lowest BCUT2D eigenvalue weighted by Crippen LogP contribution is -2.45. The van der Waals surface area contributed by atoms with E-state index in [2.05, 4.69) is 4.72 Å². The average Bonchev–Trinajstić information content (AvgIpc) is 2.44. The fourth-order valence-electron chi connectivity index (χ4n) is 2.39. The minimum Gasteiger partial charge on any atom is -0.382 e. The summed E-state index contributed by atoms with van der Waals surface area (Å²) in [6, 6.07) is 2.01. The summed E-state index contributed by atoms with van der Waals surface area (Å²) in [5, 5.41) is 0. The second-order valence-corrected chi connectivity index (χ2v) is 7.70. The number of hydrogen-bond donors (Lipinski definition) is 1. The molecule has 126 valence electrons. The summed E-state index contributed by atoms with van der Waals surface area (Å²) in [6.07, 6.45) is 0. The molecule has 0 aliphatic carbocycles. The van der Waals surface area contributed by atoms with E-state index in [1.807, 2.05) is 33.8 Å². The van der Waals surface area contributed by atoms with E-state index in [0.29, 0.717) is 11.5 Å². The number of benzene rings is 1. The Bertz CT molecular complexity index is 614. The Labute approximate surface area is 134 Å². The largest absolute Gasteiger partial charge is 0.382 e. The maximum absolute atomic E-state index is 12.7. The molecule has 0 amide bonds. The zero-order chi connectivity index (χ0) is 17.1. The third-order valence-electron chi connectivity index (χ3n) is 4.14. The fraction of sp³-hybridized carbons (Fsp3) is 0.625. The molecule has 1 aromatic carbocycles. The predicted molar refractivity (Wildman–Crippen MR) is 87.9 cm³/mol. The first-order valence-corrected chi connectivity index (χ1v) is 8.67. The number of methoxy groups -OCH3 is 2. The van der Waals surface area contributed by atoms with Gasteiger partial charge in [-0.3, -0.25) is 0 Å². The van der Waals surface area contributed by atoms with Crippen LogP contribution in [0.3, 0.4) is 0 Å². The van der Waals surface area contributed by atoms with Crippen LogP contribution in [0.15, 0.2) is 11.0 Å². The Morgan fingerprint density at radius 1 is 1.09 bits per heavy atom. The highest BCUT2D eigenvalue weighted by Crippen LogP contribution is 2.26. The van der Waals surface area contributed by atoms with Crippen molar-refractivity contribution < 1.29 is 17.9 Å². The highest BCUT2D eigenvalue weighted by atomic mass is 32.2. The highest BCUT2D eigenvalue weighted by Gasteiger charge is 2.28. The first kappa shape index (κ1) is 19.1. The van der Waals surface area contributed by atoms with Gasteiger partial charge in [0.15, 0.2) is 0 Å². The second kappa shape index (κ2) is 7.08. The normalized spacial score (nSPS) is 14.9. The molecular formula is C16H27NO4S. The molecule has 1 aromatic rings. The van der Waals surface area contributed by atoms with Crippen molar-refractivity contribution in [2.45, 2.75) is 45.1 Å². The van der Waals surface area contributed by atoms with Crippen molar-refractivity contribution in [1.82, 2.24) is 4.72 Å². The van der Waals surface area contributed by atoms with Gasteiger partial charge in [-0.25, -0.2) is 13.1 Å². The van der Waals surface area contributed by atoms with Crippen LogP contribution in [0.2, 0.25) is 0 Å². The Morgan fingerprint density at radius 2 is 1.59 bits per heavy atom. The third-order valence-corrected chi connectivity index (χ3v) is 5.82. The van der Waals surface area contributed by atoms with Crippen LogP contribution in [0.25, 0.3) is 0 Å². The van der Waals surface area contributed by atoms with Crippen LogP contribution >= 0.6 is 0 Å². The van der Waals surface area contributed by atoms with E-state index in [1.165, 1.54) is 0 Å². The molecule has 0 radical (unpaired) electrons. The van der Waals surface area contributed by atoms with Crippen molar-refractivity contribution in [1.29, 1.82) is 0 Å². The van der Waals surface area contributed by atoms with Gasteiger partial charge in [0.1, 0.15) is 5.60 Å². The molecule has 1 atom stereocenters. The van der Waals surface area contributed by atoms with E-state index < -0.39 is 15.6 Å². The lowest BCUT2D eigenvalue weighted by Gasteiger charge is -2.28. The van der Waals surface area contributed by atoms with Crippen molar-refractivity contribution >= 4 is 10.0 Å². The third kappa shape index (κ3) is 4.07. The van der Waals surface area contributed by atoms with Crippen LogP contribution in [-0.2, 0) is 19.5 Å². The average molecular weight is 329 g/mol. The Balaban J connectivity index is 3.17. The Kier molecular flexibility index (Phi) is 6.15. The Morgan fingerprint density at radius 3 is 2.00 bits per heavy atom. The highest BCUT2D eigenvalue weighted by molar-refractivity contribution is 7.89. The number of nitrogens with one attached hydrogen (secondary N) is 1. The topological polar surface area (TPSA) is 64.6 Å². The van der Waals surface area contributed by atoms with E-state index in [1.54, 1.807) is 21.1 Å². The van der Waals surface area contributed by atoms with Crippen LogP contribution in [0, 0.1) is 27.7 Å². The summed E-state index contributed by atoms with van der Waals surface area (Å²) in [5.41, 5.74) is 2.79. The Hall–Kier alpha value is -0.950. The fourth-order valence-corrected chi connectivity index (χ4v) is 4.16. The summed E-state index contributed by atoms with van der Waals surface area (Å²) in [4.78, 5) is 0.362. The van der Waals surface area contributed by atoms with Gasteiger partial charge in [-0.05, 0) is 56.9 Å². The number of sulfonamides is 1. The van der Waals surface area contributed by atoms with Gasteiger partial charge in [0.05, 0.1) is 11.5 Å². The molecule has 0 saturated carbocycles. The van der Waals surface area contributed by atoms with Crippen molar-refractivity contribution in [3.63, 3.8) is 0 Å². The van der Waals surface area contributed by atoms with Gasteiger partial charge >= 0.3 is 0 Å². The SMILES string of the molecule is COCC(C)(CNS(=O)(=O)c1c(C)c(C)cc(C)c1C)OC.